The number of nitrogens with one attached hydrogen (secondary N) is 1. The number of halogens is 1. The van der Waals surface area contributed by atoms with E-state index in [1.807, 2.05) is 6.92 Å². The first-order valence-electron chi connectivity index (χ1n) is 5.91. The minimum atomic E-state index is -0.381. The number of amides is 1. The largest absolute Gasteiger partial charge is 0.364 e. The molecule has 2 atom stereocenters. The summed E-state index contributed by atoms with van der Waals surface area (Å²) in [5.74, 6) is -0.114. The monoisotopic (exact) mass is 274 g/mol. The average molecular weight is 275 g/mol. The number of rotatable bonds is 4. The average Bonchev–Trinajstić information content (AvgIpc) is 2.96. The topological polar surface area (TPSA) is 82.2 Å². The van der Waals surface area contributed by atoms with Crippen molar-refractivity contribution >= 4 is 24.0 Å². The van der Waals surface area contributed by atoms with Crippen molar-refractivity contribution in [3.63, 3.8) is 0 Å². The van der Waals surface area contributed by atoms with Gasteiger partial charge in [0, 0.05) is 19.3 Å². The van der Waals surface area contributed by atoms with E-state index in [9.17, 15) is 4.79 Å². The Kier molecular flexibility index (Phi) is 5.58. The van der Waals surface area contributed by atoms with Crippen molar-refractivity contribution < 1.29 is 9.53 Å². The molecule has 0 bridgehead atoms. The molecule has 1 saturated heterocycles. The van der Waals surface area contributed by atoms with Crippen molar-refractivity contribution in [1.82, 2.24) is 9.78 Å². The minimum Gasteiger partial charge on any atom is -0.364 e. The van der Waals surface area contributed by atoms with Gasteiger partial charge >= 0.3 is 0 Å². The summed E-state index contributed by atoms with van der Waals surface area (Å²) in [4.78, 5) is 11.9. The highest BCUT2D eigenvalue weighted by atomic mass is 35.5. The lowest BCUT2D eigenvalue weighted by Gasteiger charge is -2.11. The lowest BCUT2D eigenvalue weighted by atomic mass is 10.2. The number of anilines is 1. The molecule has 3 N–H and O–H groups in total. The zero-order valence-corrected chi connectivity index (χ0v) is 11.2. The van der Waals surface area contributed by atoms with E-state index in [1.165, 1.54) is 0 Å². The molecule has 0 aromatic carbocycles. The van der Waals surface area contributed by atoms with E-state index in [0.29, 0.717) is 12.2 Å². The molecule has 1 amide bonds. The highest BCUT2D eigenvalue weighted by Gasteiger charge is 2.29. The number of nitrogens with two attached hydrogens (primary N) is 1. The van der Waals surface area contributed by atoms with Crippen LogP contribution in [0.2, 0.25) is 0 Å². The maximum absolute atomic E-state index is 11.9. The van der Waals surface area contributed by atoms with Crippen molar-refractivity contribution in [2.24, 2.45) is 5.73 Å². The Labute approximate surface area is 112 Å². The van der Waals surface area contributed by atoms with Crippen LogP contribution in [0.25, 0.3) is 0 Å². The normalized spacial score (nSPS) is 22.6. The van der Waals surface area contributed by atoms with Crippen molar-refractivity contribution in [3.05, 3.63) is 12.4 Å². The molecule has 1 aromatic rings. The standard InChI is InChI=1S/C11H18N4O2.ClH/c1-2-15-7-8(6-13-15)14-11(16)10-4-3-9(5-12)17-10;/h6-7,9-10H,2-5,12H2,1H3,(H,14,16);1H/t9-,10+;/m1./s1. The molecular formula is C11H19ClN4O2. The Morgan fingerprint density at radius 2 is 2.44 bits per heavy atom. The summed E-state index contributed by atoms with van der Waals surface area (Å²) in [6, 6.07) is 0. The number of carbonyl (C=O) groups excluding carboxylic acids is 1. The summed E-state index contributed by atoms with van der Waals surface area (Å²) in [5, 5.41) is 6.88. The number of nitrogens with zero attached hydrogens (tertiary/aromatic N) is 2. The third-order valence-corrected chi connectivity index (χ3v) is 2.89. The van der Waals surface area contributed by atoms with Crippen molar-refractivity contribution in [1.29, 1.82) is 0 Å². The fourth-order valence-electron chi connectivity index (χ4n) is 1.90. The quantitative estimate of drug-likeness (QED) is 0.850. The molecule has 1 aromatic heterocycles. The van der Waals surface area contributed by atoms with Gasteiger partial charge in [0.1, 0.15) is 6.10 Å². The summed E-state index contributed by atoms with van der Waals surface area (Å²) in [6.07, 6.45) is 4.65. The molecule has 0 saturated carbocycles. The predicted octanol–water partition coefficient (Wildman–Crippen LogP) is 0.770. The maximum Gasteiger partial charge on any atom is 0.253 e. The molecule has 7 heteroatoms. The number of aromatic nitrogens is 2. The summed E-state index contributed by atoms with van der Waals surface area (Å²) in [6.45, 7) is 3.24. The van der Waals surface area contributed by atoms with Crippen LogP contribution in [0.1, 0.15) is 19.8 Å². The predicted molar refractivity (Wildman–Crippen MR) is 70.7 cm³/mol. The van der Waals surface area contributed by atoms with Crippen molar-refractivity contribution in [3.8, 4) is 0 Å². The number of hydrogen-bond acceptors (Lipinski definition) is 4. The Bertz CT molecular complexity index is 396. The van der Waals surface area contributed by atoms with Gasteiger partial charge in [-0.05, 0) is 19.8 Å². The summed E-state index contributed by atoms with van der Waals surface area (Å²) in [5.41, 5.74) is 6.21. The number of aryl methyl sites for hydroxylation is 1. The Morgan fingerprint density at radius 1 is 1.67 bits per heavy atom. The van der Waals surface area contributed by atoms with Crippen molar-refractivity contribution in [2.75, 3.05) is 11.9 Å². The molecular weight excluding hydrogens is 256 g/mol. The molecule has 0 spiro atoms. The summed E-state index contributed by atoms with van der Waals surface area (Å²) >= 11 is 0. The first-order chi connectivity index (χ1) is 8.22. The van der Waals surface area contributed by atoms with Gasteiger partial charge in [0.15, 0.2) is 0 Å². The molecule has 0 aliphatic carbocycles. The second-order valence-electron chi connectivity index (χ2n) is 4.13. The third kappa shape index (κ3) is 3.44. The first kappa shape index (κ1) is 14.9. The van der Waals surface area contributed by atoms with Crippen LogP contribution in [0, 0.1) is 0 Å². The van der Waals surface area contributed by atoms with E-state index >= 15 is 0 Å². The smallest absolute Gasteiger partial charge is 0.253 e. The molecule has 0 unspecified atom stereocenters. The van der Waals surface area contributed by atoms with Gasteiger partial charge < -0.3 is 15.8 Å². The van der Waals surface area contributed by atoms with Crippen LogP contribution in [0.15, 0.2) is 12.4 Å². The molecule has 102 valence electrons. The van der Waals surface area contributed by atoms with E-state index in [4.69, 9.17) is 10.5 Å². The van der Waals surface area contributed by atoms with Crippen LogP contribution < -0.4 is 11.1 Å². The van der Waals surface area contributed by atoms with Gasteiger partial charge in [0.2, 0.25) is 0 Å². The summed E-state index contributed by atoms with van der Waals surface area (Å²) in [7, 11) is 0. The molecule has 1 aliphatic rings. The number of carbonyl (C=O) groups is 1. The van der Waals surface area contributed by atoms with Crippen LogP contribution in [0.4, 0.5) is 5.69 Å². The lowest BCUT2D eigenvalue weighted by molar-refractivity contribution is -0.126. The van der Waals surface area contributed by atoms with Crippen LogP contribution in [0.3, 0.4) is 0 Å². The molecule has 1 aliphatic heterocycles. The van der Waals surface area contributed by atoms with Crippen molar-refractivity contribution in [2.45, 2.75) is 38.5 Å². The highest BCUT2D eigenvalue weighted by molar-refractivity contribution is 5.94. The molecule has 2 rings (SSSR count). The lowest BCUT2D eigenvalue weighted by Crippen LogP contribution is -2.29. The molecule has 1 fully saturated rings. The second-order valence-corrected chi connectivity index (χ2v) is 4.13. The molecule has 18 heavy (non-hydrogen) atoms. The summed E-state index contributed by atoms with van der Waals surface area (Å²) < 4.78 is 7.27. The number of hydrogen-bond donors (Lipinski definition) is 2. The zero-order valence-electron chi connectivity index (χ0n) is 10.3. The molecule has 0 radical (unpaired) electrons. The van der Waals surface area contributed by atoms with Gasteiger partial charge in [-0.2, -0.15) is 5.10 Å². The Morgan fingerprint density at radius 3 is 3.00 bits per heavy atom. The molecule has 6 nitrogen and oxygen atoms in total. The minimum absolute atomic E-state index is 0. The highest BCUT2D eigenvalue weighted by Crippen LogP contribution is 2.20. The number of ether oxygens (including phenoxy) is 1. The Hall–Kier alpha value is -1.11. The van der Waals surface area contributed by atoms with Gasteiger partial charge in [-0.25, -0.2) is 0 Å². The van der Waals surface area contributed by atoms with Gasteiger partial charge in [-0.3, -0.25) is 9.48 Å². The van der Waals surface area contributed by atoms with Crippen LogP contribution in [0.5, 0.6) is 0 Å². The fourth-order valence-corrected chi connectivity index (χ4v) is 1.90. The fraction of sp³-hybridized carbons (Fsp3) is 0.636. The molecule has 2 heterocycles. The van der Waals surface area contributed by atoms with Gasteiger partial charge in [0.25, 0.3) is 5.91 Å². The van der Waals surface area contributed by atoms with E-state index in [2.05, 4.69) is 10.4 Å². The Balaban J connectivity index is 0.00000162. The van der Waals surface area contributed by atoms with Crippen LogP contribution in [-0.4, -0.2) is 34.4 Å². The van der Waals surface area contributed by atoms with E-state index < -0.39 is 0 Å². The first-order valence-corrected chi connectivity index (χ1v) is 5.91. The third-order valence-electron chi connectivity index (χ3n) is 2.89. The van der Waals surface area contributed by atoms with Gasteiger partial charge in [-0.15, -0.1) is 12.4 Å². The van der Waals surface area contributed by atoms with Crippen LogP contribution in [-0.2, 0) is 16.1 Å². The zero-order chi connectivity index (χ0) is 12.3. The second kappa shape index (κ2) is 6.72. The maximum atomic E-state index is 11.9. The van der Waals surface area contributed by atoms with Crippen LogP contribution >= 0.6 is 12.4 Å². The van der Waals surface area contributed by atoms with E-state index in [1.54, 1.807) is 17.1 Å². The SMILES string of the molecule is CCn1cc(NC(=O)[C@@H]2CC[C@H](CN)O2)cn1.Cl. The van der Waals surface area contributed by atoms with Gasteiger partial charge in [-0.1, -0.05) is 0 Å². The van der Waals surface area contributed by atoms with E-state index in [0.717, 1.165) is 19.4 Å². The van der Waals surface area contributed by atoms with Gasteiger partial charge in [0.05, 0.1) is 18.0 Å². The van der Waals surface area contributed by atoms with E-state index in [-0.39, 0.29) is 30.5 Å².